The molecule has 4 nitrogen and oxygen atoms in total. The van der Waals surface area contributed by atoms with Crippen molar-refractivity contribution in [1.29, 1.82) is 0 Å². The number of nitrogens with one attached hydrogen (secondary N) is 1. The zero-order valence-corrected chi connectivity index (χ0v) is 12.4. The molecule has 0 bridgehead atoms. The maximum absolute atomic E-state index is 11.1. The van der Waals surface area contributed by atoms with Crippen LogP contribution in [-0.4, -0.2) is 22.1 Å². The van der Waals surface area contributed by atoms with E-state index in [1.807, 2.05) is 36.7 Å². The van der Waals surface area contributed by atoms with Crippen molar-refractivity contribution in [2.75, 3.05) is 0 Å². The van der Waals surface area contributed by atoms with E-state index in [4.69, 9.17) is 5.11 Å². The zero-order valence-electron chi connectivity index (χ0n) is 10.8. The second-order valence-corrected chi connectivity index (χ2v) is 6.37. The summed E-state index contributed by atoms with van der Waals surface area (Å²) in [6, 6.07) is 3.50. The van der Waals surface area contributed by atoms with Crippen molar-refractivity contribution in [3.8, 4) is 9.88 Å². The number of thiophene rings is 1. The van der Waals surface area contributed by atoms with Crippen LogP contribution in [0.4, 0.5) is 0 Å². The minimum Gasteiger partial charge on any atom is -0.480 e. The number of rotatable bonds is 6. The van der Waals surface area contributed by atoms with Crippen molar-refractivity contribution >= 4 is 28.6 Å². The Bertz CT molecular complexity index is 535. The Balaban J connectivity index is 1.99. The minimum atomic E-state index is -0.816. The van der Waals surface area contributed by atoms with Gasteiger partial charge in [0.2, 0.25) is 0 Å². The van der Waals surface area contributed by atoms with Crippen molar-refractivity contribution in [2.45, 2.75) is 26.4 Å². The molecule has 19 heavy (non-hydrogen) atoms. The number of aliphatic carboxylic acids is 1. The number of nitrogens with zero attached hydrogens (tertiary/aromatic N) is 1. The van der Waals surface area contributed by atoms with Crippen LogP contribution in [0.25, 0.3) is 9.88 Å². The Morgan fingerprint density at radius 2 is 2.26 bits per heavy atom. The Morgan fingerprint density at radius 1 is 1.47 bits per heavy atom. The van der Waals surface area contributed by atoms with Gasteiger partial charge in [0, 0.05) is 11.9 Å². The summed E-state index contributed by atoms with van der Waals surface area (Å²) in [5.74, 6) is -0.767. The standard InChI is InChI=1S/C13H16N2O2S2/c1-8(2)11(13(16)17)14-6-9-7-19-12(15-9)10-4-3-5-18-10/h3-5,7-8,11,14H,6H2,1-2H3,(H,16,17)/t11-/m0/s1. The highest BCUT2D eigenvalue weighted by molar-refractivity contribution is 7.20. The Kier molecular flexibility index (Phi) is 4.68. The third-order valence-electron chi connectivity index (χ3n) is 2.72. The first-order valence-corrected chi connectivity index (χ1v) is 7.78. The number of thiazole rings is 1. The first-order chi connectivity index (χ1) is 9.08. The fourth-order valence-electron chi connectivity index (χ4n) is 1.72. The van der Waals surface area contributed by atoms with Crippen LogP contribution < -0.4 is 5.32 Å². The van der Waals surface area contributed by atoms with E-state index in [-0.39, 0.29) is 5.92 Å². The summed E-state index contributed by atoms with van der Waals surface area (Å²) in [6.45, 7) is 4.27. The number of carbonyl (C=O) groups is 1. The summed E-state index contributed by atoms with van der Waals surface area (Å²) in [6.07, 6.45) is 0. The molecule has 6 heteroatoms. The third-order valence-corrected chi connectivity index (χ3v) is 4.65. The lowest BCUT2D eigenvalue weighted by Gasteiger charge is -2.16. The van der Waals surface area contributed by atoms with Gasteiger partial charge in [0.1, 0.15) is 11.0 Å². The van der Waals surface area contributed by atoms with Crippen LogP contribution >= 0.6 is 22.7 Å². The fraction of sp³-hybridized carbons (Fsp3) is 0.385. The zero-order chi connectivity index (χ0) is 13.8. The van der Waals surface area contributed by atoms with Gasteiger partial charge in [-0.25, -0.2) is 4.98 Å². The molecule has 0 saturated heterocycles. The van der Waals surface area contributed by atoms with Gasteiger partial charge in [0.25, 0.3) is 0 Å². The van der Waals surface area contributed by atoms with Crippen LogP contribution in [0, 0.1) is 5.92 Å². The van der Waals surface area contributed by atoms with E-state index in [1.54, 1.807) is 22.7 Å². The molecule has 0 unspecified atom stereocenters. The second-order valence-electron chi connectivity index (χ2n) is 4.56. The lowest BCUT2D eigenvalue weighted by atomic mass is 10.1. The number of aromatic nitrogens is 1. The molecule has 2 aromatic heterocycles. The average molecular weight is 296 g/mol. The van der Waals surface area contributed by atoms with Crippen LogP contribution in [0.3, 0.4) is 0 Å². The monoisotopic (exact) mass is 296 g/mol. The first-order valence-electron chi connectivity index (χ1n) is 6.02. The van der Waals surface area contributed by atoms with Gasteiger partial charge < -0.3 is 5.11 Å². The number of hydrogen-bond acceptors (Lipinski definition) is 5. The van der Waals surface area contributed by atoms with Gasteiger partial charge in [-0.2, -0.15) is 0 Å². The summed E-state index contributed by atoms with van der Waals surface area (Å²) >= 11 is 3.24. The first kappa shape index (κ1) is 14.2. The highest BCUT2D eigenvalue weighted by Crippen LogP contribution is 2.27. The molecular formula is C13H16N2O2S2. The molecule has 0 aliphatic rings. The molecule has 2 N–H and O–H groups in total. The van der Waals surface area contributed by atoms with Gasteiger partial charge in [-0.3, -0.25) is 10.1 Å². The molecule has 2 aromatic rings. The lowest BCUT2D eigenvalue weighted by molar-refractivity contribution is -0.140. The summed E-state index contributed by atoms with van der Waals surface area (Å²) in [4.78, 5) is 16.7. The van der Waals surface area contributed by atoms with E-state index in [0.717, 1.165) is 15.6 Å². The summed E-state index contributed by atoms with van der Waals surface area (Å²) in [5.41, 5.74) is 0.889. The largest absolute Gasteiger partial charge is 0.480 e. The molecule has 1 atom stereocenters. The normalized spacial score (nSPS) is 12.8. The molecule has 0 spiro atoms. The lowest BCUT2D eigenvalue weighted by Crippen LogP contribution is -2.40. The van der Waals surface area contributed by atoms with Gasteiger partial charge >= 0.3 is 5.97 Å². The Morgan fingerprint density at radius 3 is 2.84 bits per heavy atom. The molecule has 0 aromatic carbocycles. The van der Waals surface area contributed by atoms with Crippen molar-refractivity contribution in [2.24, 2.45) is 5.92 Å². The predicted molar refractivity (Wildman–Crippen MR) is 78.5 cm³/mol. The van der Waals surface area contributed by atoms with Gasteiger partial charge in [-0.15, -0.1) is 22.7 Å². The molecule has 0 aliphatic heterocycles. The van der Waals surface area contributed by atoms with Gasteiger partial charge in [0.05, 0.1) is 10.6 Å². The summed E-state index contributed by atoms with van der Waals surface area (Å²) in [7, 11) is 0. The molecule has 0 saturated carbocycles. The SMILES string of the molecule is CC(C)[C@H](NCc1csc(-c2cccs2)n1)C(=O)O. The molecule has 102 valence electrons. The van der Waals surface area contributed by atoms with Crippen molar-refractivity contribution in [3.05, 3.63) is 28.6 Å². The van der Waals surface area contributed by atoms with Gasteiger partial charge in [-0.1, -0.05) is 19.9 Å². The Hall–Kier alpha value is -1.24. The highest BCUT2D eigenvalue weighted by atomic mass is 32.1. The quantitative estimate of drug-likeness (QED) is 0.860. The van der Waals surface area contributed by atoms with Crippen molar-refractivity contribution in [3.63, 3.8) is 0 Å². The van der Waals surface area contributed by atoms with Gasteiger partial charge in [-0.05, 0) is 17.4 Å². The van der Waals surface area contributed by atoms with E-state index in [9.17, 15) is 4.79 Å². The summed E-state index contributed by atoms with van der Waals surface area (Å²) < 4.78 is 0. The van der Waals surface area contributed by atoms with Crippen LogP contribution in [0.1, 0.15) is 19.5 Å². The van der Waals surface area contributed by atoms with Crippen molar-refractivity contribution in [1.82, 2.24) is 10.3 Å². The van der Waals surface area contributed by atoms with Crippen LogP contribution in [0.2, 0.25) is 0 Å². The highest BCUT2D eigenvalue weighted by Gasteiger charge is 2.20. The summed E-state index contributed by atoms with van der Waals surface area (Å²) in [5, 5.41) is 17.1. The predicted octanol–water partition coefficient (Wildman–Crippen LogP) is 3.07. The van der Waals surface area contributed by atoms with E-state index >= 15 is 0 Å². The smallest absolute Gasteiger partial charge is 0.320 e. The van der Waals surface area contributed by atoms with Crippen LogP contribution in [-0.2, 0) is 11.3 Å². The molecule has 0 amide bonds. The maximum atomic E-state index is 11.1. The minimum absolute atomic E-state index is 0.0490. The molecule has 0 fully saturated rings. The van der Waals surface area contributed by atoms with Crippen molar-refractivity contribution < 1.29 is 9.90 Å². The third kappa shape index (κ3) is 3.62. The molecule has 2 rings (SSSR count). The topological polar surface area (TPSA) is 62.2 Å². The maximum Gasteiger partial charge on any atom is 0.320 e. The van der Waals surface area contributed by atoms with E-state index in [1.165, 1.54) is 0 Å². The number of carboxylic acids is 1. The average Bonchev–Trinajstić information content (AvgIpc) is 2.98. The van der Waals surface area contributed by atoms with Crippen LogP contribution in [0.5, 0.6) is 0 Å². The fourth-order valence-corrected chi connectivity index (χ4v) is 3.36. The van der Waals surface area contributed by atoms with E-state index in [2.05, 4.69) is 10.3 Å². The molecule has 0 aliphatic carbocycles. The molecular weight excluding hydrogens is 280 g/mol. The number of hydrogen-bond donors (Lipinski definition) is 2. The molecule has 2 heterocycles. The van der Waals surface area contributed by atoms with E-state index in [0.29, 0.717) is 6.54 Å². The second kappa shape index (κ2) is 6.27. The Labute approximate surface area is 120 Å². The molecule has 0 radical (unpaired) electrons. The van der Waals surface area contributed by atoms with Crippen LogP contribution in [0.15, 0.2) is 22.9 Å². The number of carboxylic acid groups (broad SMARTS) is 1. The van der Waals surface area contributed by atoms with Gasteiger partial charge in [0.15, 0.2) is 0 Å². The van der Waals surface area contributed by atoms with E-state index < -0.39 is 12.0 Å².